The van der Waals surface area contributed by atoms with Gasteiger partial charge in [-0.2, -0.15) is 0 Å². The lowest BCUT2D eigenvalue weighted by molar-refractivity contribution is -0.138. The van der Waals surface area contributed by atoms with Crippen molar-refractivity contribution in [2.24, 2.45) is 5.92 Å². The number of urea groups is 1. The molecule has 0 spiro atoms. The smallest absolute Gasteiger partial charge is 0.321 e. The van der Waals surface area contributed by atoms with E-state index >= 15 is 0 Å². The van der Waals surface area contributed by atoms with Gasteiger partial charge < -0.3 is 10.4 Å². The predicted octanol–water partition coefficient (Wildman–Crippen LogP) is 1.50. The zero-order valence-corrected chi connectivity index (χ0v) is 11.2. The Kier molecular flexibility index (Phi) is 7.74. The summed E-state index contributed by atoms with van der Waals surface area (Å²) in [5, 5.41) is 13.4. The third-order valence-electron chi connectivity index (χ3n) is 2.41. The number of carbonyl (C=O) groups excluding carboxylic acids is 2. The highest BCUT2D eigenvalue weighted by Crippen LogP contribution is 2.06. The molecule has 0 aliphatic carbocycles. The van der Waals surface area contributed by atoms with Crippen LogP contribution in [0.4, 0.5) is 4.79 Å². The molecule has 3 N–H and O–H groups in total. The molecule has 0 bridgehead atoms. The van der Waals surface area contributed by atoms with Gasteiger partial charge in [-0.1, -0.05) is 20.3 Å². The average Bonchev–Trinajstić information content (AvgIpc) is 2.14. The van der Waals surface area contributed by atoms with Gasteiger partial charge in [0.05, 0.1) is 0 Å². The molecule has 0 aromatic rings. The summed E-state index contributed by atoms with van der Waals surface area (Å²) < 4.78 is 0. The molecule has 0 saturated carbocycles. The van der Waals surface area contributed by atoms with E-state index in [0.29, 0.717) is 0 Å². The van der Waals surface area contributed by atoms with E-state index in [-0.39, 0.29) is 24.8 Å². The maximum atomic E-state index is 11.4. The van der Waals surface area contributed by atoms with Crippen molar-refractivity contribution in [2.45, 2.75) is 52.5 Å². The van der Waals surface area contributed by atoms with Crippen molar-refractivity contribution in [3.63, 3.8) is 0 Å². The van der Waals surface area contributed by atoms with E-state index in [1.807, 2.05) is 13.8 Å². The highest BCUT2D eigenvalue weighted by atomic mass is 16.4. The van der Waals surface area contributed by atoms with E-state index in [9.17, 15) is 14.4 Å². The van der Waals surface area contributed by atoms with E-state index in [4.69, 9.17) is 5.11 Å². The summed E-state index contributed by atoms with van der Waals surface area (Å²) in [6.07, 6.45) is 1.74. The largest absolute Gasteiger partial charge is 0.481 e. The van der Waals surface area contributed by atoms with Crippen molar-refractivity contribution >= 4 is 17.9 Å². The predicted molar refractivity (Wildman–Crippen MR) is 67.1 cm³/mol. The molecule has 0 aromatic heterocycles. The first-order valence-corrected chi connectivity index (χ1v) is 6.17. The highest BCUT2D eigenvalue weighted by molar-refractivity contribution is 5.94. The number of hydrogen-bond acceptors (Lipinski definition) is 3. The van der Waals surface area contributed by atoms with Crippen molar-refractivity contribution in [1.82, 2.24) is 10.6 Å². The minimum atomic E-state index is -0.948. The molecular weight excluding hydrogens is 236 g/mol. The Bertz CT molecular complexity index is 304. The Hall–Kier alpha value is -1.59. The molecule has 2 atom stereocenters. The second-order valence-electron chi connectivity index (χ2n) is 4.62. The van der Waals surface area contributed by atoms with Gasteiger partial charge in [0.25, 0.3) is 0 Å². The summed E-state index contributed by atoms with van der Waals surface area (Å²) in [7, 11) is 0. The SMILES string of the molecule is CCCC(C)NC(=O)NC(=O)CC(C)CC(=O)O. The lowest BCUT2D eigenvalue weighted by Gasteiger charge is -2.13. The number of carboxylic acid groups (broad SMARTS) is 1. The van der Waals surface area contributed by atoms with E-state index in [1.165, 1.54) is 0 Å². The van der Waals surface area contributed by atoms with Gasteiger partial charge in [-0.05, 0) is 19.3 Å². The molecule has 6 heteroatoms. The van der Waals surface area contributed by atoms with E-state index in [1.54, 1.807) is 6.92 Å². The summed E-state index contributed by atoms with van der Waals surface area (Å²) in [4.78, 5) is 33.2. The number of nitrogens with one attached hydrogen (secondary N) is 2. The third-order valence-corrected chi connectivity index (χ3v) is 2.41. The highest BCUT2D eigenvalue weighted by Gasteiger charge is 2.15. The average molecular weight is 258 g/mol. The van der Waals surface area contributed by atoms with Crippen molar-refractivity contribution in [1.29, 1.82) is 0 Å². The van der Waals surface area contributed by atoms with E-state index in [2.05, 4.69) is 10.6 Å². The minimum Gasteiger partial charge on any atom is -0.481 e. The molecule has 2 unspecified atom stereocenters. The number of aliphatic carboxylic acids is 1. The van der Waals surface area contributed by atoms with Crippen LogP contribution >= 0.6 is 0 Å². The fourth-order valence-corrected chi connectivity index (χ4v) is 1.63. The Labute approximate surface area is 107 Å². The molecule has 0 aliphatic rings. The number of hydrogen-bond donors (Lipinski definition) is 3. The fourth-order valence-electron chi connectivity index (χ4n) is 1.63. The van der Waals surface area contributed by atoms with Gasteiger partial charge in [-0.25, -0.2) is 4.79 Å². The summed E-state index contributed by atoms with van der Waals surface area (Å²) >= 11 is 0. The number of carboxylic acids is 1. The van der Waals surface area contributed by atoms with Gasteiger partial charge in [-0.3, -0.25) is 14.9 Å². The normalized spacial score (nSPS) is 13.5. The molecule has 104 valence electrons. The number of amides is 3. The Morgan fingerprint density at radius 3 is 2.28 bits per heavy atom. The van der Waals surface area contributed by atoms with Crippen molar-refractivity contribution < 1.29 is 19.5 Å². The monoisotopic (exact) mass is 258 g/mol. The molecule has 0 aromatic carbocycles. The quantitative estimate of drug-likeness (QED) is 0.645. The fraction of sp³-hybridized carbons (Fsp3) is 0.750. The van der Waals surface area contributed by atoms with Crippen LogP contribution < -0.4 is 10.6 Å². The maximum absolute atomic E-state index is 11.4. The first-order chi connectivity index (χ1) is 8.35. The van der Waals surface area contributed by atoms with E-state index in [0.717, 1.165) is 12.8 Å². The first kappa shape index (κ1) is 16.4. The summed E-state index contributed by atoms with van der Waals surface area (Å²) in [6, 6.07) is -0.511. The molecule has 0 fully saturated rings. The van der Waals surface area contributed by atoms with Gasteiger partial charge in [0, 0.05) is 18.9 Å². The molecule has 6 nitrogen and oxygen atoms in total. The van der Waals surface area contributed by atoms with Crippen LogP contribution in [0.1, 0.15) is 46.5 Å². The van der Waals surface area contributed by atoms with Crippen LogP contribution in [-0.4, -0.2) is 29.1 Å². The number of imide groups is 1. The Morgan fingerprint density at radius 2 is 1.78 bits per heavy atom. The molecular formula is C12H22N2O4. The van der Waals surface area contributed by atoms with Gasteiger partial charge >= 0.3 is 12.0 Å². The zero-order valence-electron chi connectivity index (χ0n) is 11.2. The van der Waals surface area contributed by atoms with Gasteiger partial charge in [-0.15, -0.1) is 0 Å². The van der Waals surface area contributed by atoms with Gasteiger partial charge in [0.2, 0.25) is 5.91 Å². The molecule has 3 amide bonds. The summed E-state index contributed by atoms with van der Waals surface area (Å²) in [5.41, 5.74) is 0. The van der Waals surface area contributed by atoms with Crippen LogP contribution in [0.15, 0.2) is 0 Å². The van der Waals surface area contributed by atoms with Crippen LogP contribution in [0.5, 0.6) is 0 Å². The summed E-state index contributed by atoms with van der Waals surface area (Å²) in [5.74, 6) is -1.69. The topological polar surface area (TPSA) is 95.5 Å². The second kappa shape index (κ2) is 8.49. The van der Waals surface area contributed by atoms with E-state index < -0.39 is 17.9 Å². The zero-order chi connectivity index (χ0) is 14.1. The van der Waals surface area contributed by atoms with Crippen LogP contribution in [-0.2, 0) is 9.59 Å². The minimum absolute atomic E-state index is 0.0132. The Morgan fingerprint density at radius 1 is 1.17 bits per heavy atom. The van der Waals surface area contributed by atoms with Crippen molar-refractivity contribution in [3.8, 4) is 0 Å². The molecule has 0 heterocycles. The van der Waals surface area contributed by atoms with Gasteiger partial charge in [0.1, 0.15) is 0 Å². The van der Waals surface area contributed by atoms with Crippen LogP contribution in [0.3, 0.4) is 0 Å². The standard InChI is InChI=1S/C12H22N2O4/c1-4-5-9(3)13-12(18)14-10(15)6-8(2)7-11(16)17/h8-9H,4-7H2,1-3H3,(H,16,17)(H2,13,14,15,18). The molecule has 18 heavy (non-hydrogen) atoms. The summed E-state index contributed by atoms with van der Waals surface area (Å²) in [6.45, 7) is 5.53. The maximum Gasteiger partial charge on any atom is 0.321 e. The molecule has 0 rings (SSSR count). The third kappa shape index (κ3) is 8.55. The molecule has 0 saturated heterocycles. The van der Waals surface area contributed by atoms with Gasteiger partial charge in [0.15, 0.2) is 0 Å². The van der Waals surface area contributed by atoms with Crippen LogP contribution in [0.2, 0.25) is 0 Å². The molecule has 0 radical (unpaired) electrons. The number of rotatable bonds is 7. The lowest BCUT2D eigenvalue weighted by atomic mass is 10.0. The van der Waals surface area contributed by atoms with Crippen LogP contribution in [0.25, 0.3) is 0 Å². The van der Waals surface area contributed by atoms with Crippen molar-refractivity contribution in [3.05, 3.63) is 0 Å². The first-order valence-electron chi connectivity index (χ1n) is 6.17. The lowest BCUT2D eigenvalue weighted by Crippen LogP contribution is -2.43. The number of carbonyl (C=O) groups is 3. The van der Waals surface area contributed by atoms with Crippen molar-refractivity contribution in [2.75, 3.05) is 0 Å². The van der Waals surface area contributed by atoms with Crippen LogP contribution in [0, 0.1) is 5.92 Å². The Balaban J connectivity index is 3.93. The second-order valence-corrected chi connectivity index (χ2v) is 4.62. The molecule has 0 aliphatic heterocycles.